The van der Waals surface area contributed by atoms with Crippen LogP contribution in [-0.4, -0.2) is 39.0 Å². The van der Waals surface area contributed by atoms with Crippen molar-refractivity contribution in [3.8, 4) is 11.5 Å². The number of hydrogen-bond donors (Lipinski definition) is 1. The summed E-state index contributed by atoms with van der Waals surface area (Å²) in [5, 5.41) is 12.9. The first kappa shape index (κ1) is 25.7. The van der Waals surface area contributed by atoms with Crippen LogP contribution in [-0.2, 0) is 22.0 Å². The van der Waals surface area contributed by atoms with Gasteiger partial charge in [0.2, 0.25) is 5.91 Å². The molecule has 3 aromatic rings. The van der Waals surface area contributed by atoms with E-state index in [0.29, 0.717) is 24.3 Å². The Labute approximate surface area is 241 Å². The van der Waals surface area contributed by atoms with Crippen LogP contribution < -0.4 is 5.32 Å². The van der Waals surface area contributed by atoms with Gasteiger partial charge in [-0.3, -0.25) is 9.48 Å². The van der Waals surface area contributed by atoms with Crippen LogP contribution in [0.3, 0.4) is 0 Å². The topological polar surface area (TPSA) is 95.1 Å². The van der Waals surface area contributed by atoms with Crippen molar-refractivity contribution in [2.24, 2.45) is 18.4 Å². The van der Waals surface area contributed by atoms with Crippen LogP contribution in [0, 0.1) is 11.3 Å². The van der Waals surface area contributed by atoms with Crippen molar-refractivity contribution in [3.05, 3.63) is 53.1 Å². The molecule has 0 spiro atoms. The summed E-state index contributed by atoms with van der Waals surface area (Å²) in [6.07, 6.45) is 13.4. The van der Waals surface area contributed by atoms with Gasteiger partial charge in [-0.1, -0.05) is 17.3 Å². The zero-order valence-corrected chi connectivity index (χ0v) is 24.1. The van der Waals surface area contributed by atoms with Gasteiger partial charge in [-0.05, 0) is 106 Å². The van der Waals surface area contributed by atoms with Gasteiger partial charge in [-0.25, -0.2) is 0 Å². The minimum Gasteiger partial charge on any atom is -0.381 e. The molecule has 1 saturated heterocycles. The molecule has 6 fully saturated rings. The molecule has 3 heterocycles. The number of nitrogens with zero attached hydrogens (tertiary/aromatic N) is 4. The number of carbonyl (C=O) groups excluding carboxylic acids is 1. The van der Waals surface area contributed by atoms with E-state index in [1.165, 1.54) is 24.2 Å². The lowest BCUT2D eigenvalue weighted by Crippen LogP contribution is -2.52. The first-order valence-electron chi connectivity index (χ1n) is 15.9. The lowest BCUT2D eigenvalue weighted by molar-refractivity contribution is -0.132. The number of aromatic nitrogens is 4. The van der Waals surface area contributed by atoms with Gasteiger partial charge in [0.15, 0.2) is 5.82 Å². The van der Waals surface area contributed by atoms with Crippen LogP contribution in [0.25, 0.3) is 11.5 Å². The molecule has 2 aromatic heterocycles. The summed E-state index contributed by atoms with van der Waals surface area (Å²) in [4.78, 5) is 18.4. The number of ether oxygens (including phenoxy) is 1. The van der Waals surface area contributed by atoms with Crippen LogP contribution in [0.5, 0.6) is 0 Å². The number of amides is 1. The predicted molar refractivity (Wildman–Crippen MR) is 153 cm³/mol. The van der Waals surface area contributed by atoms with Gasteiger partial charge in [-0.2, -0.15) is 10.1 Å². The Hall–Kier alpha value is -3.00. The van der Waals surface area contributed by atoms with Crippen molar-refractivity contribution in [2.45, 2.75) is 100 Å². The molecular formula is C33H41N5O3. The fourth-order valence-electron chi connectivity index (χ4n) is 8.04. The van der Waals surface area contributed by atoms with Gasteiger partial charge < -0.3 is 14.6 Å². The van der Waals surface area contributed by atoms with Crippen molar-refractivity contribution >= 4 is 5.91 Å². The van der Waals surface area contributed by atoms with E-state index in [1.54, 1.807) is 0 Å². The zero-order chi connectivity index (χ0) is 27.6. The summed E-state index contributed by atoms with van der Waals surface area (Å²) in [5.41, 5.74) is 4.98. The largest absolute Gasteiger partial charge is 0.381 e. The smallest absolute Gasteiger partial charge is 0.257 e. The molecule has 2 bridgehead atoms. The fourth-order valence-corrected chi connectivity index (χ4v) is 8.04. The first-order chi connectivity index (χ1) is 20.0. The fraction of sp³-hybridized carbons (Fsp3) is 0.636. The second-order valence-electron chi connectivity index (χ2n) is 13.7. The number of nitrogens with one attached hydrogen (secondary N) is 1. The van der Waals surface area contributed by atoms with E-state index >= 15 is 0 Å². The lowest BCUT2D eigenvalue weighted by atomic mass is 9.50. The molecule has 0 radical (unpaired) electrons. The van der Waals surface area contributed by atoms with E-state index in [-0.39, 0.29) is 28.7 Å². The molecule has 1 amide bonds. The highest BCUT2D eigenvalue weighted by molar-refractivity contribution is 5.79. The van der Waals surface area contributed by atoms with Crippen molar-refractivity contribution < 1.29 is 14.1 Å². The molecule has 9 rings (SSSR count). The van der Waals surface area contributed by atoms with Crippen LogP contribution >= 0.6 is 0 Å². The second kappa shape index (κ2) is 9.79. The summed E-state index contributed by atoms with van der Waals surface area (Å²) in [6.45, 7) is 1.27. The van der Waals surface area contributed by atoms with Crippen molar-refractivity contribution in [3.63, 3.8) is 0 Å². The predicted octanol–water partition coefficient (Wildman–Crippen LogP) is 6.10. The summed E-state index contributed by atoms with van der Waals surface area (Å²) >= 11 is 0. The number of hydrogen-bond acceptors (Lipinski definition) is 6. The average Bonchev–Trinajstić information content (AvgIpc) is 3.97. The van der Waals surface area contributed by atoms with Crippen molar-refractivity contribution in [2.75, 3.05) is 13.2 Å². The number of fused-ring (bicyclic) bond motifs is 3. The van der Waals surface area contributed by atoms with Gasteiger partial charge in [0.1, 0.15) is 0 Å². The molecule has 8 heteroatoms. The molecule has 6 aliphatic rings. The quantitative estimate of drug-likeness (QED) is 0.361. The molecule has 5 aliphatic carbocycles. The maximum absolute atomic E-state index is 13.7. The Bertz CT molecular complexity index is 1420. The molecule has 1 aliphatic heterocycles. The Morgan fingerprint density at radius 1 is 1.02 bits per heavy atom. The normalized spacial score (nSPS) is 30.3. The standard InChI is InChI=1S/C33H41N5O3/c1-38-26(21-7-8-21)19-27(36-38)32-11-14-33(15-12-32,16-13-32)28(34-30(39)25-6-3-17-40-20-25)23-4-2-5-24(18-23)31-35-29(37-41-31)22-9-10-22/h2,4-5,18-19,21-22,25,28H,3,6-17,20H2,1H3,(H,34,39). The molecule has 1 N–H and O–H groups in total. The highest BCUT2D eigenvalue weighted by Gasteiger charge is 2.54. The highest BCUT2D eigenvalue weighted by atomic mass is 16.5. The monoisotopic (exact) mass is 555 g/mol. The van der Waals surface area contributed by atoms with E-state index < -0.39 is 0 Å². The maximum atomic E-state index is 13.7. The van der Waals surface area contributed by atoms with E-state index in [1.807, 2.05) is 6.07 Å². The third-order valence-electron chi connectivity index (χ3n) is 11.0. The van der Waals surface area contributed by atoms with Crippen molar-refractivity contribution in [1.29, 1.82) is 0 Å². The van der Waals surface area contributed by atoms with Crippen LogP contribution in [0.4, 0.5) is 0 Å². The number of carbonyl (C=O) groups is 1. The minimum absolute atomic E-state index is 0.0215. The lowest BCUT2D eigenvalue weighted by Gasteiger charge is -2.56. The summed E-state index contributed by atoms with van der Waals surface area (Å²) in [6, 6.07) is 10.8. The number of rotatable bonds is 8. The Morgan fingerprint density at radius 2 is 1.80 bits per heavy atom. The summed E-state index contributed by atoms with van der Waals surface area (Å²) in [5.74, 6) is 2.60. The SMILES string of the molecule is Cn1nc(C23CCC(C(NC(=O)C4CCCOC4)c4cccc(-c5nc(C6CC6)no5)c4)(CC2)CC3)cc1C1CC1. The Morgan fingerprint density at radius 3 is 2.51 bits per heavy atom. The van der Waals surface area contributed by atoms with Crippen molar-refractivity contribution in [1.82, 2.24) is 25.2 Å². The molecule has 1 aromatic carbocycles. The average molecular weight is 556 g/mol. The Balaban J connectivity index is 1.09. The molecule has 5 saturated carbocycles. The van der Waals surface area contributed by atoms with Gasteiger partial charge in [-0.15, -0.1) is 0 Å². The Kier molecular flexibility index (Phi) is 6.13. The van der Waals surface area contributed by atoms with Crippen LogP contribution in [0.2, 0.25) is 0 Å². The minimum atomic E-state index is -0.0801. The third-order valence-corrected chi connectivity index (χ3v) is 11.0. The summed E-state index contributed by atoms with van der Waals surface area (Å²) < 4.78 is 13.5. The second-order valence-corrected chi connectivity index (χ2v) is 13.7. The molecule has 8 nitrogen and oxygen atoms in total. The van der Waals surface area contributed by atoms with Crippen LogP contribution in [0.1, 0.15) is 118 Å². The molecular weight excluding hydrogens is 514 g/mol. The number of aryl methyl sites for hydroxylation is 1. The molecule has 2 unspecified atom stereocenters. The van der Waals surface area contributed by atoms with Gasteiger partial charge in [0.25, 0.3) is 5.89 Å². The highest BCUT2D eigenvalue weighted by Crippen LogP contribution is 2.62. The molecule has 41 heavy (non-hydrogen) atoms. The zero-order valence-electron chi connectivity index (χ0n) is 24.1. The van der Waals surface area contributed by atoms with E-state index in [2.05, 4.69) is 46.5 Å². The maximum Gasteiger partial charge on any atom is 0.257 e. The molecule has 216 valence electrons. The van der Waals surface area contributed by atoms with E-state index in [0.717, 1.165) is 87.8 Å². The van der Waals surface area contributed by atoms with E-state index in [4.69, 9.17) is 19.3 Å². The molecule has 2 atom stereocenters. The summed E-state index contributed by atoms with van der Waals surface area (Å²) in [7, 11) is 2.12. The first-order valence-corrected chi connectivity index (χ1v) is 15.9. The third kappa shape index (κ3) is 4.62. The van der Waals surface area contributed by atoms with Gasteiger partial charge >= 0.3 is 0 Å². The number of benzene rings is 1. The van der Waals surface area contributed by atoms with Crippen LogP contribution in [0.15, 0.2) is 34.9 Å². The van der Waals surface area contributed by atoms with Gasteiger partial charge in [0, 0.05) is 42.2 Å². The van der Waals surface area contributed by atoms with Gasteiger partial charge in [0.05, 0.1) is 24.3 Å². The van der Waals surface area contributed by atoms with E-state index in [9.17, 15) is 4.79 Å².